The van der Waals surface area contributed by atoms with Crippen LogP contribution in [0.2, 0.25) is 0 Å². The van der Waals surface area contributed by atoms with Crippen LogP contribution in [0.4, 0.5) is 0 Å². The highest BCUT2D eigenvalue weighted by Gasteiger charge is 2.11. The van der Waals surface area contributed by atoms with Crippen molar-refractivity contribution in [3.63, 3.8) is 0 Å². The summed E-state index contributed by atoms with van der Waals surface area (Å²) >= 11 is 0. The summed E-state index contributed by atoms with van der Waals surface area (Å²) in [5, 5.41) is 2.85. The van der Waals surface area contributed by atoms with Crippen molar-refractivity contribution in [2.24, 2.45) is 0 Å². The molecule has 0 atom stereocenters. The van der Waals surface area contributed by atoms with Crippen molar-refractivity contribution in [2.75, 3.05) is 13.2 Å². The third-order valence-corrected chi connectivity index (χ3v) is 5.09. The smallest absolute Gasteiger partial charge is 0.216 e. The molecular formula is C25H31N3O2. The van der Waals surface area contributed by atoms with Crippen LogP contribution in [-0.4, -0.2) is 28.6 Å². The Morgan fingerprint density at radius 1 is 1.13 bits per heavy atom. The number of amides is 1. The average molecular weight is 406 g/mol. The first-order valence-electron chi connectivity index (χ1n) is 10.7. The van der Waals surface area contributed by atoms with Gasteiger partial charge in [-0.1, -0.05) is 42.8 Å². The number of hydrogen-bond donors (Lipinski definition) is 1. The standard InChI is InChI=1S/C25H31N3O2/c1-3-11-21-12-6-9-15-24(21)30-19-18-28-23-14-8-7-13-22(23)27-25(28)16-5-4-10-17-26-20(2)29/h3,6-9,12-15H,1,4-5,10-11,16-19H2,2H3,(H,26,29). The largest absolute Gasteiger partial charge is 0.491 e. The Hall–Kier alpha value is -3.08. The SMILES string of the molecule is C=CCc1ccccc1OCCn1c(CCCCCNC(C)=O)nc2ccccc21. The number of unbranched alkanes of at least 4 members (excludes halogenated alkanes) is 2. The summed E-state index contributed by atoms with van der Waals surface area (Å²) < 4.78 is 8.39. The highest BCUT2D eigenvalue weighted by Crippen LogP contribution is 2.21. The van der Waals surface area contributed by atoms with Gasteiger partial charge < -0.3 is 14.6 Å². The average Bonchev–Trinajstić information content (AvgIpc) is 3.09. The molecule has 0 aliphatic carbocycles. The number of nitrogens with one attached hydrogen (secondary N) is 1. The molecule has 158 valence electrons. The predicted molar refractivity (Wildman–Crippen MR) is 122 cm³/mol. The maximum absolute atomic E-state index is 11.0. The molecule has 0 saturated heterocycles. The van der Waals surface area contributed by atoms with E-state index in [1.165, 1.54) is 0 Å². The fraction of sp³-hybridized carbons (Fsp3) is 0.360. The highest BCUT2D eigenvalue weighted by molar-refractivity contribution is 5.75. The molecular weight excluding hydrogens is 374 g/mol. The van der Waals surface area contributed by atoms with E-state index in [0.29, 0.717) is 6.61 Å². The quantitative estimate of drug-likeness (QED) is 0.351. The van der Waals surface area contributed by atoms with E-state index in [9.17, 15) is 4.79 Å². The molecule has 0 bridgehead atoms. The van der Waals surface area contributed by atoms with Crippen LogP contribution < -0.4 is 10.1 Å². The minimum atomic E-state index is 0.0338. The van der Waals surface area contributed by atoms with Crippen molar-refractivity contribution in [1.29, 1.82) is 0 Å². The first-order valence-corrected chi connectivity index (χ1v) is 10.7. The Labute approximate surface area is 178 Å². The number of aromatic nitrogens is 2. The van der Waals surface area contributed by atoms with Crippen LogP contribution in [0.25, 0.3) is 11.0 Å². The van der Waals surface area contributed by atoms with Gasteiger partial charge in [0, 0.05) is 19.9 Å². The Kier molecular flexibility index (Phi) is 8.07. The van der Waals surface area contributed by atoms with E-state index < -0.39 is 0 Å². The first-order chi connectivity index (χ1) is 14.7. The molecule has 0 aliphatic heterocycles. The molecule has 2 aromatic carbocycles. The zero-order valence-corrected chi connectivity index (χ0v) is 17.8. The molecule has 3 rings (SSSR count). The third kappa shape index (κ3) is 5.96. The maximum Gasteiger partial charge on any atom is 0.216 e. The van der Waals surface area contributed by atoms with Crippen LogP contribution >= 0.6 is 0 Å². The molecule has 0 radical (unpaired) electrons. The number of allylic oxidation sites excluding steroid dienone is 1. The van der Waals surface area contributed by atoms with E-state index in [1.807, 2.05) is 30.3 Å². The highest BCUT2D eigenvalue weighted by atomic mass is 16.5. The van der Waals surface area contributed by atoms with Crippen molar-refractivity contribution >= 4 is 16.9 Å². The van der Waals surface area contributed by atoms with E-state index >= 15 is 0 Å². The number of imidazole rings is 1. The molecule has 30 heavy (non-hydrogen) atoms. The normalized spacial score (nSPS) is 10.8. The molecule has 0 aliphatic rings. The van der Waals surface area contributed by atoms with Crippen LogP contribution in [-0.2, 0) is 24.2 Å². The number of ether oxygens (including phenoxy) is 1. The Morgan fingerprint density at radius 2 is 1.93 bits per heavy atom. The van der Waals surface area contributed by atoms with Gasteiger partial charge in [-0.05, 0) is 43.0 Å². The predicted octanol–water partition coefficient (Wildman–Crippen LogP) is 4.69. The van der Waals surface area contributed by atoms with Gasteiger partial charge in [-0.15, -0.1) is 6.58 Å². The minimum absolute atomic E-state index is 0.0338. The lowest BCUT2D eigenvalue weighted by atomic mass is 10.1. The first kappa shape index (κ1) is 21.6. The fourth-order valence-corrected chi connectivity index (χ4v) is 3.63. The molecule has 5 heteroatoms. The second-order valence-corrected chi connectivity index (χ2v) is 7.41. The van der Waals surface area contributed by atoms with E-state index in [1.54, 1.807) is 6.92 Å². The molecule has 0 fully saturated rings. The maximum atomic E-state index is 11.0. The monoisotopic (exact) mass is 405 g/mol. The van der Waals surface area contributed by atoms with E-state index in [4.69, 9.17) is 9.72 Å². The van der Waals surface area contributed by atoms with Crippen molar-refractivity contribution in [3.05, 3.63) is 72.6 Å². The molecule has 0 saturated carbocycles. The summed E-state index contributed by atoms with van der Waals surface area (Å²) in [6, 6.07) is 16.4. The number of aryl methyl sites for hydroxylation is 1. The number of benzene rings is 2. The number of nitrogens with zero attached hydrogens (tertiary/aromatic N) is 2. The molecule has 5 nitrogen and oxygen atoms in total. The molecule has 3 aromatic rings. The summed E-state index contributed by atoms with van der Waals surface area (Å²) in [4.78, 5) is 15.8. The summed E-state index contributed by atoms with van der Waals surface area (Å²) in [6.45, 7) is 7.47. The van der Waals surface area contributed by atoms with Gasteiger partial charge in [0.2, 0.25) is 5.91 Å². The van der Waals surface area contributed by atoms with Crippen molar-refractivity contribution in [2.45, 2.75) is 45.6 Å². The summed E-state index contributed by atoms with van der Waals surface area (Å²) in [5.41, 5.74) is 3.33. The van der Waals surface area contributed by atoms with Gasteiger partial charge in [0.1, 0.15) is 18.2 Å². The third-order valence-electron chi connectivity index (χ3n) is 5.09. The fourth-order valence-electron chi connectivity index (χ4n) is 3.63. The molecule has 1 N–H and O–H groups in total. The number of para-hydroxylation sites is 3. The second kappa shape index (κ2) is 11.2. The Balaban J connectivity index is 1.62. The Morgan fingerprint density at radius 3 is 2.77 bits per heavy atom. The van der Waals surface area contributed by atoms with Gasteiger partial charge >= 0.3 is 0 Å². The van der Waals surface area contributed by atoms with E-state index in [0.717, 1.165) is 73.4 Å². The van der Waals surface area contributed by atoms with Gasteiger partial charge in [-0.25, -0.2) is 4.98 Å². The summed E-state index contributed by atoms with van der Waals surface area (Å²) in [5.74, 6) is 2.05. The molecule has 1 amide bonds. The zero-order valence-electron chi connectivity index (χ0n) is 17.8. The second-order valence-electron chi connectivity index (χ2n) is 7.41. The van der Waals surface area contributed by atoms with Crippen LogP contribution in [0.15, 0.2) is 61.2 Å². The van der Waals surface area contributed by atoms with Crippen LogP contribution in [0.1, 0.15) is 37.6 Å². The van der Waals surface area contributed by atoms with Gasteiger partial charge in [-0.2, -0.15) is 0 Å². The van der Waals surface area contributed by atoms with Crippen molar-refractivity contribution < 1.29 is 9.53 Å². The van der Waals surface area contributed by atoms with Gasteiger partial charge in [0.25, 0.3) is 0 Å². The number of carbonyl (C=O) groups is 1. The van der Waals surface area contributed by atoms with Crippen LogP contribution in [0.3, 0.4) is 0 Å². The minimum Gasteiger partial charge on any atom is -0.491 e. The number of fused-ring (bicyclic) bond motifs is 1. The van der Waals surface area contributed by atoms with Crippen molar-refractivity contribution in [1.82, 2.24) is 14.9 Å². The molecule has 0 spiro atoms. The summed E-state index contributed by atoms with van der Waals surface area (Å²) in [7, 11) is 0. The lowest BCUT2D eigenvalue weighted by Gasteiger charge is -2.13. The van der Waals surface area contributed by atoms with Crippen molar-refractivity contribution in [3.8, 4) is 5.75 Å². The van der Waals surface area contributed by atoms with E-state index in [2.05, 4.69) is 40.7 Å². The Bertz CT molecular complexity index is 977. The summed E-state index contributed by atoms with van der Waals surface area (Å²) in [6.07, 6.45) is 6.72. The van der Waals surface area contributed by atoms with Gasteiger partial charge in [-0.3, -0.25) is 4.79 Å². The number of carbonyl (C=O) groups excluding carboxylic acids is 1. The number of rotatable bonds is 12. The van der Waals surface area contributed by atoms with Crippen LogP contribution in [0.5, 0.6) is 5.75 Å². The topological polar surface area (TPSA) is 56.1 Å². The number of hydrogen-bond acceptors (Lipinski definition) is 3. The molecule has 1 aromatic heterocycles. The zero-order chi connectivity index (χ0) is 21.2. The molecule has 1 heterocycles. The van der Waals surface area contributed by atoms with Crippen LogP contribution in [0, 0.1) is 0 Å². The van der Waals surface area contributed by atoms with Gasteiger partial charge in [0.05, 0.1) is 17.6 Å². The molecule has 0 unspecified atom stereocenters. The lowest BCUT2D eigenvalue weighted by molar-refractivity contribution is -0.118. The van der Waals surface area contributed by atoms with Gasteiger partial charge in [0.15, 0.2) is 0 Å². The lowest BCUT2D eigenvalue weighted by Crippen LogP contribution is -2.20. The van der Waals surface area contributed by atoms with E-state index in [-0.39, 0.29) is 5.91 Å².